The minimum absolute atomic E-state index is 0.110. The number of para-hydroxylation sites is 2. The molecule has 0 aliphatic carbocycles. The minimum Gasteiger partial charge on any atom is -0.491 e. The van der Waals surface area contributed by atoms with Crippen LogP contribution < -0.4 is 14.2 Å². The normalized spacial score (nSPS) is 16.1. The van der Waals surface area contributed by atoms with Crippen LogP contribution in [0.25, 0.3) is 0 Å². The molecule has 0 spiro atoms. The Kier molecular flexibility index (Phi) is 12.7. The van der Waals surface area contributed by atoms with Crippen molar-refractivity contribution in [3.63, 3.8) is 0 Å². The van der Waals surface area contributed by atoms with Crippen LogP contribution >= 0.6 is 0 Å². The van der Waals surface area contributed by atoms with E-state index >= 15 is 0 Å². The van der Waals surface area contributed by atoms with Crippen LogP contribution in [0.2, 0.25) is 0 Å². The maximum absolute atomic E-state index is 12.2. The Morgan fingerprint density at radius 3 is 1.44 bits per heavy atom. The van der Waals surface area contributed by atoms with E-state index in [9.17, 15) is 14.9 Å². The molecule has 230 valence electrons. The van der Waals surface area contributed by atoms with E-state index in [-0.39, 0.29) is 24.3 Å². The van der Waals surface area contributed by atoms with Crippen molar-refractivity contribution >= 4 is 11.7 Å². The van der Waals surface area contributed by atoms with Crippen LogP contribution in [0, 0.1) is 10.1 Å². The molecule has 0 saturated heterocycles. The molecule has 1 heterocycles. The topological polar surface area (TPSA) is 125 Å². The Balaban J connectivity index is 1.66. The maximum atomic E-state index is 12.2. The highest BCUT2D eigenvalue weighted by molar-refractivity contribution is 5.71. The Morgan fingerprint density at radius 1 is 0.651 bits per heavy atom. The second-order valence-corrected chi connectivity index (χ2v) is 9.66. The summed E-state index contributed by atoms with van der Waals surface area (Å²) < 4.78 is 40.0. The largest absolute Gasteiger partial charge is 0.491 e. The van der Waals surface area contributed by atoms with E-state index < -0.39 is 10.9 Å². The molecular weight excluding hydrogens is 558 g/mol. The van der Waals surface area contributed by atoms with E-state index in [2.05, 4.69) is 0 Å². The lowest BCUT2D eigenvalue weighted by atomic mass is 9.96. The van der Waals surface area contributed by atoms with Crippen molar-refractivity contribution in [2.24, 2.45) is 0 Å². The van der Waals surface area contributed by atoms with Crippen LogP contribution in [0.4, 0.5) is 5.69 Å². The summed E-state index contributed by atoms with van der Waals surface area (Å²) >= 11 is 0. The van der Waals surface area contributed by atoms with Gasteiger partial charge in [-0.15, -0.1) is 0 Å². The molecule has 11 nitrogen and oxygen atoms in total. The summed E-state index contributed by atoms with van der Waals surface area (Å²) in [5.74, 6) is 0.956. The number of benzene rings is 3. The van der Waals surface area contributed by atoms with Gasteiger partial charge in [0.05, 0.1) is 57.8 Å². The molecule has 43 heavy (non-hydrogen) atoms. The van der Waals surface area contributed by atoms with Gasteiger partial charge in [-0.05, 0) is 23.3 Å². The van der Waals surface area contributed by atoms with Crippen molar-refractivity contribution < 1.29 is 42.9 Å². The predicted molar refractivity (Wildman–Crippen MR) is 157 cm³/mol. The first-order chi connectivity index (χ1) is 21.0. The third-order valence-corrected chi connectivity index (χ3v) is 6.48. The first kappa shape index (κ1) is 31.9. The Labute approximate surface area is 250 Å². The SMILES string of the molecule is CC(=O)Oc1c2cc([N+](=O)[O-])cc1Cc1ccccc1OCCOCCOCCOCCOCCOc1ccccc1C2. The molecule has 3 aromatic carbocycles. The lowest BCUT2D eigenvalue weighted by Crippen LogP contribution is -2.15. The molecule has 0 unspecified atom stereocenters. The van der Waals surface area contributed by atoms with Gasteiger partial charge in [0.2, 0.25) is 0 Å². The summed E-state index contributed by atoms with van der Waals surface area (Å²) in [5.41, 5.74) is 2.42. The molecule has 3 aromatic rings. The van der Waals surface area contributed by atoms with Crippen LogP contribution in [0.1, 0.15) is 29.2 Å². The zero-order chi connectivity index (χ0) is 30.3. The number of esters is 1. The number of hydrogen-bond donors (Lipinski definition) is 0. The molecule has 0 radical (unpaired) electrons. The first-order valence-electron chi connectivity index (χ1n) is 14.2. The van der Waals surface area contributed by atoms with Crippen molar-refractivity contribution in [3.05, 3.63) is 93.0 Å². The van der Waals surface area contributed by atoms with Gasteiger partial charge in [-0.1, -0.05) is 36.4 Å². The number of carbonyl (C=O) groups excluding carboxylic acids is 1. The molecule has 4 rings (SSSR count). The first-order valence-corrected chi connectivity index (χ1v) is 14.2. The van der Waals surface area contributed by atoms with Crippen molar-refractivity contribution in [1.29, 1.82) is 0 Å². The molecule has 11 heteroatoms. The highest BCUT2D eigenvalue weighted by Crippen LogP contribution is 2.36. The van der Waals surface area contributed by atoms with Crippen LogP contribution in [0.3, 0.4) is 0 Å². The van der Waals surface area contributed by atoms with Crippen molar-refractivity contribution in [3.8, 4) is 17.2 Å². The Bertz CT molecular complexity index is 1260. The lowest BCUT2D eigenvalue weighted by Gasteiger charge is -2.17. The summed E-state index contributed by atoms with van der Waals surface area (Å²) in [6.45, 7) is 5.23. The second-order valence-electron chi connectivity index (χ2n) is 9.66. The summed E-state index contributed by atoms with van der Waals surface area (Å²) in [7, 11) is 0. The van der Waals surface area contributed by atoms with Gasteiger partial charge < -0.3 is 33.2 Å². The highest BCUT2D eigenvalue weighted by atomic mass is 16.6. The summed E-state index contributed by atoms with van der Waals surface area (Å²) in [6, 6.07) is 17.7. The van der Waals surface area contributed by atoms with E-state index in [1.165, 1.54) is 19.1 Å². The van der Waals surface area contributed by atoms with Crippen LogP contribution in [-0.4, -0.2) is 77.0 Å². The predicted octanol–water partition coefficient (Wildman–Crippen LogP) is 4.54. The molecule has 0 fully saturated rings. The zero-order valence-electron chi connectivity index (χ0n) is 24.3. The number of non-ortho nitro benzene ring substituents is 1. The molecule has 2 bridgehead atoms. The number of nitro benzene ring substituents is 1. The number of carbonyl (C=O) groups is 1. The summed E-state index contributed by atoms with van der Waals surface area (Å²) in [4.78, 5) is 23.8. The fourth-order valence-corrected chi connectivity index (χ4v) is 4.55. The van der Waals surface area contributed by atoms with E-state index in [1.807, 2.05) is 48.5 Å². The summed E-state index contributed by atoms with van der Waals surface area (Å²) in [5, 5.41) is 12.0. The van der Waals surface area contributed by atoms with Gasteiger partial charge in [-0.25, -0.2) is 0 Å². The standard InChI is InChI=1S/C32H37NO10/c1-24(34)43-32-27-20-25-6-2-4-8-30(25)41-18-16-39-14-12-37-10-11-38-13-15-40-17-19-42-31-9-5-3-7-26(31)21-28(32)23-29(22-27)33(35)36/h2-9,22-23H,10-21H2,1H3. The second kappa shape index (κ2) is 17.2. The maximum Gasteiger partial charge on any atom is 0.308 e. The fourth-order valence-electron chi connectivity index (χ4n) is 4.55. The molecule has 0 atom stereocenters. The number of hydrogen-bond acceptors (Lipinski definition) is 10. The van der Waals surface area contributed by atoms with Crippen molar-refractivity contribution in [1.82, 2.24) is 0 Å². The van der Waals surface area contributed by atoms with Crippen LogP contribution in [0.15, 0.2) is 60.7 Å². The number of rotatable bonds is 2. The van der Waals surface area contributed by atoms with Gasteiger partial charge in [-0.2, -0.15) is 0 Å². The lowest BCUT2D eigenvalue weighted by molar-refractivity contribution is -0.385. The molecule has 0 aromatic heterocycles. The van der Waals surface area contributed by atoms with Crippen molar-refractivity contribution in [2.45, 2.75) is 19.8 Å². The zero-order valence-corrected chi connectivity index (χ0v) is 24.3. The smallest absolute Gasteiger partial charge is 0.308 e. The average Bonchev–Trinajstić information content (AvgIpc) is 2.99. The van der Waals surface area contributed by atoms with Gasteiger partial charge in [0.1, 0.15) is 30.5 Å². The monoisotopic (exact) mass is 595 g/mol. The Hall–Kier alpha value is -4.03. The molecule has 1 aliphatic heterocycles. The van der Waals surface area contributed by atoms with E-state index in [0.717, 1.165) is 11.1 Å². The number of fused-ring (bicyclic) bond motifs is 4. The number of nitrogens with zero attached hydrogens (tertiary/aromatic N) is 1. The highest BCUT2D eigenvalue weighted by Gasteiger charge is 2.22. The van der Waals surface area contributed by atoms with Gasteiger partial charge in [-0.3, -0.25) is 14.9 Å². The van der Waals surface area contributed by atoms with Gasteiger partial charge >= 0.3 is 5.97 Å². The molecule has 1 aliphatic rings. The molecule has 0 amide bonds. The molecule has 0 N–H and O–H groups in total. The van der Waals surface area contributed by atoms with E-state index in [0.29, 0.717) is 88.7 Å². The van der Waals surface area contributed by atoms with Crippen molar-refractivity contribution in [2.75, 3.05) is 66.1 Å². The quantitative estimate of drug-likeness (QED) is 0.180. The number of ether oxygens (including phenoxy) is 7. The molecular formula is C32H37NO10. The third kappa shape index (κ3) is 10.3. The van der Waals surface area contributed by atoms with Gasteiger partial charge in [0, 0.05) is 43.0 Å². The van der Waals surface area contributed by atoms with Crippen LogP contribution in [-0.2, 0) is 36.6 Å². The van der Waals surface area contributed by atoms with E-state index in [4.69, 9.17) is 33.2 Å². The van der Waals surface area contributed by atoms with Gasteiger partial charge in [0.25, 0.3) is 5.69 Å². The molecule has 0 saturated carbocycles. The third-order valence-electron chi connectivity index (χ3n) is 6.48. The van der Waals surface area contributed by atoms with Crippen LogP contribution in [0.5, 0.6) is 17.2 Å². The van der Waals surface area contributed by atoms with E-state index in [1.54, 1.807) is 0 Å². The average molecular weight is 596 g/mol. The summed E-state index contributed by atoms with van der Waals surface area (Å²) in [6.07, 6.45) is 0.472. The fraction of sp³-hybridized carbons (Fsp3) is 0.406. The Morgan fingerprint density at radius 2 is 1.05 bits per heavy atom. The number of nitro groups is 1. The van der Waals surface area contributed by atoms with Gasteiger partial charge in [0.15, 0.2) is 0 Å². The minimum atomic E-state index is -0.531.